The van der Waals surface area contributed by atoms with Crippen LogP contribution in [-0.2, 0) is 14.3 Å². The summed E-state index contributed by atoms with van der Waals surface area (Å²) in [6.07, 6.45) is 0. The number of hydrogen-bond donors (Lipinski definition) is 3. The van der Waals surface area contributed by atoms with E-state index in [1.54, 1.807) is 77.7 Å². The SMILES string of the molecule is Nc1ccccc1NC(=O)c1ccc(C(C(=O)Nc2ccccc2)C(=O)N2CCOCC2)cc1. The van der Waals surface area contributed by atoms with Gasteiger partial charge < -0.3 is 26.0 Å². The van der Waals surface area contributed by atoms with Gasteiger partial charge in [0.15, 0.2) is 0 Å². The van der Waals surface area contributed by atoms with Crippen molar-refractivity contribution in [1.29, 1.82) is 0 Å². The van der Waals surface area contributed by atoms with Gasteiger partial charge in [0.2, 0.25) is 11.8 Å². The number of nitrogens with zero attached hydrogens (tertiary/aromatic N) is 1. The molecule has 3 aromatic carbocycles. The fourth-order valence-electron chi connectivity index (χ4n) is 3.74. The molecule has 3 amide bonds. The first-order valence-corrected chi connectivity index (χ1v) is 11.0. The highest BCUT2D eigenvalue weighted by molar-refractivity contribution is 6.11. The molecule has 0 aromatic heterocycles. The minimum absolute atomic E-state index is 0.300. The van der Waals surface area contributed by atoms with Gasteiger partial charge in [0.25, 0.3) is 5.91 Å². The van der Waals surface area contributed by atoms with Gasteiger partial charge in [-0.15, -0.1) is 0 Å². The highest BCUT2D eigenvalue weighted by atomic mass is 16.5. The van der Waals surface area contributed by atoms with Crippen LogP contribution in [0.4, 0.5) is 17.1 Å². The number of amides is 3. The second-order valence-corrected chi connectivity index (χ2v) is 7.89. The largest absolute Gasteiger partial charge is 0.397 e. The lowest BCUT2D eigenvalue weighted by Gasteiger charge is -2.30. The summed E-state index contributed by atoms with van der Waals surface area (Å²) in [5.41, 5.74) is 8.36. The van der Waals surface area contributed by atoms with E-state index in [9.17, 15) is 14.4 Å². The summed E-state index contributed by atoms with van der Waals surface area (Å²) in [7, 11) is 0. The average Bonchev–Trinajstić information content (AvgIpc) is 2.87. The lowest BCUT2D eigenvalue weighted by molar-refractivity contribution is -0.140. The molecule has 1 fully saturated rings. The molecular formula is C26H26N4O4. The normalized spacial score (nSPS) is 14.2. The molecule has 1 aliphatic rings. The number of nitrogens with two attached hydrogens (primary N) is 1. The summed E-state index contributed by atoms with van der Waals surface area (Å²) in [6, 6.07) is 22.4. The summed E-state index contributed by atoms with van der Waals surface area (Å²) >= 11 is 0. The molecule has 1 atom stereocenters. The molecule has 0 aliphatic carbocycles. The number of para-hydroxylation sites is 3. The molecule has 0 saturated carbocycles. The summed E-state index contributed by atoms with van der Waals surface area (Å²) in [5, 5.41) is 5.60. The highest BCUT2D eigenvalue weighted by Gasteiger charge is 2.33. The molecule has 34 heavy (non-hydrogen) atoms. The summed E-state index contributed by atoms with van der Waals surface area (Å²) in [5.74, 6) is -2.13. The van der Waals surface area contributed by atoms with Crippen LogP contribution in [0.3, 0.4) is 0 Å². The standard InChI is InChI=1S/C26H26N4O4/c27-21-8-4-5-9-22(21)29-24(31)19-12-10-18(11-13-19)23(26(33)30-14-16-34-17-15-30)25(32)28-20-6-2-1-3-7-20/h1-13,23H,14-17,27H2,(H,28,32)(H,29,31). The topological polar surface area (TPSA) is 114 Å². The Morgan fingerprint density at radius 3 is 2.15 bits per heavy atom. The van der Waals surface area contributed by atoms with Crippen LogP contribution in [0.15, 0.2) is 78.9 Å². The first kappa shape index (κ1) is 23.0. The number of carbonyl (C=O) groups is 3. The summed E-state index contributed by atoms with van der Waals surface area (Å²) in [6.45, 7) is 1.71. The van der Waals surface area contributed by atoms with Gasteiger partial charge in [-0.05, 0) is 42.0 Å². The van der Waals surface area contributed by atoms with E-state index in [-0.39, 0.29) is 11.8 Å². The average molecular weight is 459 g/mol. The first-order valence-electron chi connectivity index (χ1n) is 11.0. The van der Waals surface area contributed by atoms with Crippen molar-refractivity contribution < 1.29 is 19.1 Å². The number of anilines is 3. The maximum absolute atomic E-state index is 13.3. The Morgan fingerprint density at radius 2 is 1.47 bits per heavy atom. The molecule has 174 valence electrons. The maximum Gasteiger partial charge on any atom is 0.255 e. The number of rotatable bonds is 6. The molecular weight excluding hydrogens is 432 g/mol. The number of nitrogen functional groups attached to an aromatic ring is 1. The van der Waals surface area contributed by atoms with Crippen LogP contribution >= 0.6 is 0 Å². The summed E-state index contributed by atoms with van der Waals surface area (Å²) < 4.78 is 5.34. The number of carbonyl (C=O) groups excluding carboxylic acids is 3. The van der Waals surface area contributed by atoms with Gasteiger partial charge >= 0.3 is 0 Å². The van der Waals surface area contributed by atoms with Crippen LogP contribution in [0, 0.1) is 0 Å². The van der Waals surface area contributed by atoms with Gasteiger partial charge in [0.05, 0.1) is 24.6 Å². The number of benzene rings is 3. The second kappa shape index (κ2) is 10.6. The highest BCUT2D eigenvalue weighted by Crippen LogP contribution is 2.24. The molecule has 8 nitrogen and oxygen atoms in total. The van der Waals surface area contributed by atoms with Crippen molar-refractivity contribution in [1.82, 2.24) is 4.90 Å². The monoisotopic (exact) mass is 458 g/mol. The Hall–Kier alpha value is -4.17. The van der Waals surface area contributed by atoms with E-state index in [1.165, 1.54) is 0 Å². The zero-order valence-corrected chi connectivity index (χ0v) is 18.6. The number of morpholine rings is 1. The predicted octanol–water partition coefficient (Wildman–Crippen LogP) is 3.10. The molecule has 3 aromatic rings. The summed E-state index contributed by atoms with van der Waals surface area (Å²) in [4.78, 5) is 40.9. The first-order chi connectivity index (χ1) is 16.5. The van der Waals surface area contributed by atoms with Gasteiger partial charge in [-0.3, -0.25) is 14.4 Å². The Labute approximate surface area is 197 Å². The molecule has 1 saturated heterocycles. The molecule has 1 aliphatic heterocycles. The minimum Gasteiger partial charge on any atom is -0.397 e. The quantitative estimate of drug-likeness (QED) is 0.388. The van der Waals surface area contributed by atoms with Crippen molar-refractivity contribution in [3.63, 3.8) is 0 Å². The van der Waals surface area contributed by atoms with Crippen LogP contribution in [0.2, 0.25) is 0 Å². The Balaban J connectivity index is 1.56. The smallest absolute Gasteiger partial charge is 0.255 e. The van der Waals surface area contributed by atoms with Crippen molar-refractivity contribution in [2.45, 2.75) is 5.92 Å². The molecule has 1 heterocycles. The number of hydrogen-bond acceptors (Lipinski definition) is 5. The van der Waals surface area contributed by atoms with Crippen LogP contribution in [-0.4, -0.2) is 48.9 Å². The maximum atomic E-state index is 13.3. The van der Waals surface area contributed by atoms with Gasteiger partial charge in [-0.2, -0.15) is 0 Å². The molecule has 0 spiro atoms. The van der Waals surface area contributed by atoms with E-state index >= 15 is 0 Å². The lowest BCUT2D eigenvalue weighted by atomic mass is 9.95. The zero-order chi connectivity index (χ0) is 23.9. The van der Waals surface area contributed by atoms with Crippen molar-refractivity contribution >= 4 is 34.8 Å². The number of nitrogens with one attached hydrogen (secondary N) is 2. The van der Waals surface area contributed by atoms with Gasteiger partial charge in [-0.1, -0.05) is 42.5 Å². The Kier molecular flexibility index (Phi) is 7.19. The molecule has 0 radical (unpaired) electrons. The van der Waals surface area contributed by atoms with Crippen LogP contribution in [0.1, 0.15) is 21.8 Å². The zero-order valence-electron chi connectivity index (χ0n) is 18.6. The van der Waals surface area contributed by atoms with Crippen molar-refractivity contribution in [3.05, 3.63) is 90.0 Å². The Bertz CT molecular complexity index is 1160. The predicted molar refractivity (Wildman–Crippen MR) is 130 cm³/mol. The van der Waals surface area contributed by atoms with E-state index in [2.05, 4.69) is 10.6 Å². The molecule has 8 heteroatoms. The lowest BCUT2D eigenvalue weighted by Crippen LogP contribution is -2.45. The molecule has 4 rings (SSSR count). The molecule has 0 bridgehead atoms. The van der Waals surface area contributed by atoms with E-state index < -0.39 is 11.8 Å². The van der Waals surface area contributed by atoms with Gasteiger partial charge in [0.1, 0.15) is 5.92 Å². The van der Waals surface area contributed by atoms with Gasteiger partial charge in [-0.25, -0.2) is 0 Å². The third-order valence-electron chi connectivity index (χ3n) is 5.59. The van der Waals surface area contributed by atoms with E-state index in [0.29, 0.717) is 54.5 Å². The molecule has 4 N–H and O–H groups in total. The molecule has 1 unspecified atom stereocenters. The van der Waals surface area contributed by atoms with E-state index in [0.717, 1.165) is 0 Å². The van der Waals surface area contributed by atoms with Crippen LogP contribution in [0.5, 0.6) is 0 Å². The second-order valence-electron chi connectivity index (χ2n) is 7.89. The van der Waals surface area contributed by atoms with Crippen molar-refractivity contribution in [2.75, 3.05) is 42.7 Å². The fourth-order valence-corrected chi connectivity index (χ4v) is 3.74. The fraction of sp³-hybridized carbons (Fsp3) is 0.192. The van der Waals surface area contributed by atoms with E-state index in [1.807, 2.05) is 6.07 Å². The Morgan fingerprint density at radius 1 is 0.824 bits per heavy atom. The third-order valence-corrected chi connectivity index (χ3v) is 5.59. The third kappa shape index (κ3) is 5.41. The number of ether oxygens (including phenoxy) is 1. The van der Waals surface area contributed by atoms with Crippen molar-refractivity contribution in [3.8, 4) is 0 Å². The van der Waals surface area contributed by atoms with Crippen LogP contribution in [0.25, 0.3) is 0 Å². The minimum atomic E-state index is -1.06. The van der Waals surface area contributed by atoms with Crippen molar-refractivity contribution in [2.24, 2.45) is 0 Å². The van der Waals surface area contributed by atoms with E-state index in [4.69, 9.17) is 10.5 Å². The van der Waals surface area contributed by atoms with Crippen LogP contribution < -0.4 is 16.4 Å². The van der Waals surface area contributed by atoms with Gasteiger partial charge in [0, 0.05) is 24.3 Å².